The molecule has 27 heavy (non-hydrogen) atoms. The van der Waals surface area contributed by atoms with Crippen LogP contribution >= 0.6 is 0 Å². The van der Waals surface area contributed by atoms with Gasteiger partial charge in [0.05, 0.1) is 31.4 Å². The van der Waals surface area contributed by atoms with Gasteiger partial charge in [0.15, 0.2) is 0 Å². The highest BCUT2D eigenvalue weighted by molar-refractivity contribution is 6.03. The first-order chi connectivity index (χ1) is 13.3. The van der Waals surface area contributed by atoms with Crippen LogP contribution in [0.4, 0.5) is 11.5 Å². The van der Waals surface area contributed by atoms with Crippen molar-refractivity contribution < 1.29 is 9.53 Å². The monoisotopic (exact) mass is 363 g/mol. The second-order valence-corrected chi connectivity index (χ2v) is 6.39. The number of ether oxygens (including phenoxy) is 1. The summed E-state index contributed by atoms with van der Waals surface area (Å²) in [5, 5.41) is 2.84. The van der Waals surface area contributed by atoms with Crippen LogP contribution in [0.25, 0.3) is 0 Å². The Morgan fingerprint density at radius 2 is 1.93 bits per heavy atom. The van der Waals surface area contributed by atoms with Gasteiger partial charge in [-0.1, -0.05) is 12.1 Å². The molecule has 0 saturated carbocycles. The number of benzene rings is 1. The number of carbonyl (C=O) groups is 1. The van der Waals surface area contributed by atoms with Gasteiger partial charge in [-0.2, -0.15) is 0 Å². The fourth-order valence-corrected chi connectivity index (χ4v) is 3.01. The average molecular weight is 363 g/mol. The molecular weight excluding hydrogens is 342 g/mol. The zero-order valence-corrected chi connectivity index (χ0v) is 14.9. The Labute approximate surface area is 157 Å². The Morgan fingerprint density at radius 1 is 1.11 bits per heavy atom. The van der Waals surface area contributed by atoms with Crippen LogP contribution < -0.4 is 10.2 Å². The first-order valence-electron chi connectivity index (χ1n) is 8.93. The van der Waals surface area contributed by atoms with Gasteiger partial charge in [0.25, 0.3) is 5.91 Å². The molecule has 4 rings (SSSR count). The van der Waals surface area contributed by atoms with Gasteiger partial charge < -0.3 is 19.5 Å². The zero-order chi connectivity index (χ0) is 18.5. The highest BCUT2D eigenvalue weighted by Crippen LogP contribution is 2.17. The molecule has 3 aromatic rings. The number of nitrogens with zero attached hydrogens (tertiary/aromatic N) is 4. The lowest BCUT2D eigenvalue weighted by Crippen LogP contribution is -2.36. The minimum Gasteiger partial charge on any atom is -0.378 e. The highest BCUT2D eigenvalue weighted by atomic mass is 16.5. The highest BCUT2D eigenvalue weighted by Gasteiger charge is 2.12. The Bertz CT molecular complexity index is 870. The topological polar surface area (TPSA) is 72.3 Å². The van der Waals surface area contributed by atoms with Crippen molar-refractivity contribution in [2.24, 2.45) is 0 Å². The van der Waals surface area contributed by atoms with E-state index in [1.807, 2.05) is 47.2 Å². The lowest BCUT2D eigenvalue weighted by molar-refractivity contribution is 0.102. The van der Waals surface area contributed by atoms with E-state index in [0.29, 0.717) is 11.4 Å². The Hall–Kier alpha value is -3.19. The van der Waals surface area contributed by atoms with Gasteiger partial charge >= 0.3 is 0 Å². The molecule has 7 heteroatoms. The molecule has 1 saturated heterocycles. The number of amides is 1. The van der Waals surface area contributed by atoms with Gasteiger partial charge in [0.1, 0.15) is 5.82 Å². The summed E-state index contributed by atoms with van der Waals surface area (Å²) >= 11 is 0. The Balaban J connectivity index is 1.36. The summed E-state index contributed by atoms with van der Waals surface area (Å²) in [6.07, 6.45) is 7.22. The number of rotatable bonds is 5. The Morgan fingerprint density at radius 3 is 2.59 bits per heavy atom. The molecule has 138 valence electrons. The van der Waals surface area contributed by atoms with Crippen molar-refractivity contribution in [1.29, 1.82) is 0 Å². The molecule has 1 amide bonds. The SMILES string of the molecule is O=C(Nc1ccc(N2CCOCC2)cn1)c1ccc(Cn2ccnc2)cc1. The molecule has 1 aromatic carbocycles. The molecule has 1 aliphatic rings. The molecule has 0 spiro atoms. The molecule has 0 radical (unpaired) electrons. The minimum atomic E-state index is -0.171. The summed E-state index contributed by atoms with van der Waals surface area (Å²) in [6.45, 7) is 3.91. The van der Waals surface area contributed by atoms with Crippen molar-refractivity contribution >= 4 is 17.4 Å². The number of nitrogens with one attached hydrogen (secondary N) is 1. The summed E-state index contributed by atoms with van der Waals surface area (Å²) in [5.74, 6) is 0.371. The fraction of sp³-hybridized carbons (Fsp3) is 0.250. The number of hydrogen-bond acceptors (Lipinski definition) is 5. The molecule has 0 unspecified atom stereocenters. The molecule has 1 aliphatic heterocycles. The van der Waals surface area contributed by atoms with E-state index in [1.165, 1.54) is 0 Å². The van der Waals surface area contributed by atoms with Gasteiger partial charge in [-0.05, 0) is 29.8 Å². The second kappa shape index (κ2) is 8.01. The second-order valence-electron chi connectivity index (χ2n) is 6.39. The number of imidazole rings is 1. The molecule has 0 bridgehead atoms. The van der Waals surface area contributed by atoms with Crippen LogP contribution in [0.15, 0.2) is 61.3 Å². The molecule has 0 atom stereocenters. The van der Waals surface area contributed by atoms with Gasteiger partial charge in [0.2, 0.25) is 0 Å². The van der Waals surface area contributed by atoms with Gasteiger partial charge in [-0.15, -0.1) is 0 Å². The van der Waals surface area contributed by atoms with Crippen LogP contribution in [0.1, 0.15) is 15.9 Å². The van der Waals surface area contributed by atoms with Crippen molar-refractivity contribution in [2.75, 3.05) is 36.5 Å². The largest absolute Gasteiger partial charge is 0.378 e. The van der Waals surface area contributed by atoms with E-state index >= 15 is 0 Å². The first-order valence-corrected chi connectivity index (χ1v) is 8.93. The summed E-state index contributed by atoms with van der Waals surface area (Å²) in [5.41, 5.74) is 2.75. The van der Waals surface area contributed by atoms with Crippen molar-refractivity contribution in [3.8, 4) is 0 Å². The summed E-state index contributed by atoms with van der Waals surface area (Å²) < 4.78 is 7.34. The van der Waals surface area contributed by atoms with E-state index in [0.717, 1.165) is 44.1 Å². The first kappa shape index (κ1) is 17.2. The van der Waals surface area contributed by atoms with Crippen LogP contribution in [-0.2, 0) is 11.3 Å². The number of morpholine rings is 1. The summed E-state index contributed by atoms with van der Waals surface area (Å²) in [7, 11) is 0. The van der Waals surface area contributed by atoms with E-state index in [2.05, 4.69) is 20.2 Å². The molecule has 7 nitrogen and oxygen atoms in total. The molecular formula is C20H21N5O2. The lowest BCUT2D eigenvalue weighted by atomic mass is 10.1. The number of anilines is 2. The van der Waals surface area contributed by atoms with Crippen molar-refractivity contribution in [1.82, 2.24) is 14.5 Å². The molecule has 0 aliphatic carbocycles. The van der Waals surface area contributed by atoms with Gasteiger partial charge in [-0.25, -0.2) is 9.97 Å². The van der Waals surface area contributed by atoms with Crippen molar-refractivity contribution in [2.45, 2.75) is 6.54 Å². The van der Waals surface area contributed by atoms with Crippen LogP contribution in [0.3, 0.4) is 0 Å². The van der Waals surface area contributed by atoms with E-state index in [9.17, 15) is 4.79 Å². The lowest BCUT2D eigenvalue weighted by Gasteiger charge is -2.28. The van der Waals surface area contributed by atoms with Crippen LogP contribution in [-0.4, -0.2) is 46.7 Å². The number of hydrogen-bond donors (Lipinski definition) is 1. The van der Waals surface area contributed by atoms with E-state index < -0.39 is 0 Å². The smallest absolute Gasteiger partial charge is 0.256 e. The minimum absolute atomic E-state index is 0.171. The normalized spacial score (nSPS) is 14.1. The van der Waals surface area contributed by atoms with E-state index in [1.54, 1.807) is 18.7 Å². The quantitative estimate of drug-likeness (QED) is 0.754. The van der Waals surface area contributed by atoms with Gasteiger partial charge in [-0.3, -0.25) is 4.79 Å². The van der Waals surface area contributed by atoms with Crippen LogP contribution in [0.2, 0.25) is 0 Å². The zero-order valence-electron chi connectivity index (χ0n) is 14.9. The number of aromatic nitrogens is 3. The molecule has 2 aromatic heterocycles. The Kier molecular flexibility index (Phi) is 5.11. The fourth-order valence-electron chi connectivity index (χ4n) is 3.01. The molecule has 1 fully saturated rings. The summed E-state index contributed by atoms with van der Waals surface area (Å²) in [4.78, 5) is 23.1. The number of carbonyl (C=O) groups excluding carboxylic acids is 1. The van der Waals surface area contributed by atoms with E-state index in [-0.39, 0.29) is 5.91 Å². The van der Waals surface area contributed by atoms with Crippen LogP contribution in [0.5, 0.6) is 0 Å². The summed E-state index contributed by atoms with van der Waals surface area (Å²) in [6, 6.07) is 11.3. The molecule has 3 heterocycles. The van der Waals surface area contributed by atoms with Gasteiger partial charge in [0, 0.05) is 37.6 Å². The van der Waals surface area contributed by atoms with E-state index in [4.69, 9.17) is 4.74 Å². The molecule has 1 N–H and O–H groups in total. The predicted molar refractivity (Wildman–Crippen MR) is 103 cm³/mol. The standard InChI is InChI=1S/C20H21N5O2/c26-20(17-3-1-16(2-4-17)14-24-8-7-21-15-24)23-19-6-5-18(13-22-19)25-9-11-27-12-10-25/h1-8,13,15H,9-12,14H2,(H,22,23,26). The maximum absolute atomic E-state index is 12.4. The maximum Gasteiger partial charge on any atom is 0.256 e. The van der Waals surface area contributed by atoms with Crippen molar-refractivity contribution in [3.05, 3.63) is 72.4 Å². The number of pyridine rings is 1. The third-order valence-electron chi connectivity index (χ3n) is 4.51. The van der Waals surface area contributed by atoms with Crippen molar-refractivity contribution in [3.63, 3.8) is 0 Å². The van der Waals surface area contributed by atoms with Crippen LogP contribution in [0, 0.1) is 0 Å². The third-order valence-corrected chi connectivity index (χ3v) is 4.51. The maximum atomic E-state index is 12.4. The third kappa shape index (κ3) is 4.32. The predicted octanol–water partition coefficient (Wildman–Crippen LogP) is 2.42. The average Bonchev–Trinajstić information content (AvgIpc) is 3.23.